The van der Waals surface area contributed by atoms with Crippen LogP contribution in [0.1, 0.15) is 86.0 Å². The van der Waals surface area contributed by atoms with Gasteiger partial charge in [0.15, 0.2) is 0 Å². The maximum absolute atomic E-state index is 12.3. The Balaban J connectivity index is 1.48. The van der Waals surface area contributed by atoms with Crippen LogP contribution in [0, 0.1) is 40.9 Å². The van der Waals surface area contributed by atoms with Gasteiger partial charge in [-0.25, -0.2) is 4.79 Å². The number of ether oxygens (including phenoxy) is 1. The number of cyclic esters (lactones) is 1. The number of carbonyl (C=O) groups is 1. The van der Waals surface area contributed by atoms with Gasteiger partial charge in [-0.15, -0.1) is 0 Å². The average molecular weight is 497 g/mol. The normalized spacial score (nSPS) is 42.3. The Kier molecular flexibility index (Phi) is 8.07. The van der Waals surface area contributed by atoms with E-state index in [2.05, 4.69) is 53.0 Å². The smallest absolute Gasteiger partial charge is 0.334 e. The first kappa shape index (κ1) is 27.4. The van der Waals surface area contributed by atoms with Crippen LogP contribution in [-0.4, -0.2) is 34.5 Å². The second-order valence-electron chi connectivity index (χ2n) is 13.0. The highest BCUT2D eigenvalue weighted by Crippen LogP contribution is 2.60. The highest BCUT2D eigenvalue weighted by atomic mass is 16.6. The van der Waals surface area contributed by atoms with Crippen molar-refractivity contribution in [1.82, 2.24) is 0 Å². The summed E-state index contributed by atoms with van der Waals surface area (Å²) in [7, 11) is 0. The van der Waals surface area contributed by atoms with E-state index < -0.39 is 12.2 Å². The predicted molar refractivity (Wildman–Crippen MR) is 145 cm³/mol. The van der Waals surface area contributed by atoms with Gasteiger partial charge in [0, 0.05) is 17.4 Å². The minimum Gasteiger partial charge on any atom is -0.458 e. The molecule has 4 nitrogen and oxygen atoms in total. The van der Waals surface area contributed by atoms with E-state index in [-0.39, 0.29) is 29.3 Å². The van der Waals surface area contributed by atoms with Gasteiger partial charge in [0.1, 0.15) is 6.10 Å². The van der Waals surface area contributed by atoms with Gasteiger partial charge in [-0.1, -0.05) is 65.5 Å². The van der Waals surface area contributed by atoms with Crippen molar-refractivity contribution >= 4 is 5.97 Å². The molecule has 4 heteroatoms. The van der Waals surface area contributed by atoms with Gasteiger partial charge in [-0.2, -0.15) is 0 Å². The molecule has 4 rings (SSSR count). The second kappa shape index (κ2) is 10.6. The molecule has 0 aromatic rings. The quantitative estimate of drug-likeness (QED) is 0.323. The fourth-order valence-corrected chi connectivity index (χ4v) is 8.07. The fraction of sp³-hybridized carbons (Fsp3) is 0.719. The van der Waals surface area contributed by atoms with Crippen molar-refractivity contribution in [3.05, 3.63) is 47.6 Å². The lowest BCUT2D eigenvalue weighted by molar-refractivity contribution is -0.140. The van der Waals surface area contributed by atoms with Crippen LogP contribution in [0.2, 0.25) is 0 Å². The predicted octanol–water partition coefficient (Wildman–Crippen LogP) is 6.54. The summed E-state index contributed by atoms with van der Waals surface area (Å²) >= 11 is 0. The molecule has 0 unspecified atom stereocenters. The highest BCUT2D eigenvalue weighted by Gasteiger charge is 2.51. The molecule has 0 spiro atoms. The maximum Gasteiger partial charge on any atom is 0.334 e. The van der Waals surface area contributed by atoms with Gasteiger partial charge >= 0.3 is 5.97 Å². The van der Waals surface area contributed by atoms with Crippen molar-refractivity contribution in [1.29, 1.82) is 0 Å². The maximum atomic E-state index is 12.3. The minimum atomic E-state index is -0.674. The molecule has 36 heavy (non-hydrogen) atoms. The molecule has 9 atom stereocenters. The van der Waals surface area contributed by atoms with Gasteiger partial charge in [-0.3, -0.25) is 0 Å². The summed E-state index contributed by atoms with van der Waals surface area (Å²) in [5, 5.41) is 20.8. The molecule has 1 heterocycles. The lowest BCUT2D eigenvalue weighted by Crippen LogP contribution is -2.37. The van der Waals surface area contributed by atoms with Crippen LogP contribution in [-0.2, 0) is 9.53 Å². The first-order valence-corrected chi connectivity index (χ1v) is 14.3. The molecule has 0 radical (unpaired) electrons. The zero-order valence-corrected chi connectivity index (χ0v) is 23.1. The summed E-state index contributed by atoms with van der Waals surface area (Å²) in [5.41, 5.74) is 4.17. The molecule has 1 saturated heterocycles. The Morgan fingerprint density at radius 3 is 2.53 bits per heavy atom. The average Bonchev–Trinajstić information content (AvgIpc) is 3.30. The van der Waals surface area contributed by atoms with Crippen LogP contribution in [0.4, 0.5) is 0 Å². The van der Waals surface area contributed by atoms with Crippen LogP contribution in [0.15, 0.2) is 47.6 Å². The van der Waals surface area contributed by atoms with Crippen molar-refractivity contribution < 1.29 is 19.7 Å². The largest absolute Gasteiger partial charge is 0.458 e. The van der Waals surface area contributed by atoms with Crippen LogP contribution in [0.5, 0.6) is 0 Å². The Labute approximate surface area is 218 Å². The Hall–Kier alpha value is -1.65. The molecule has 2 N–H and O–H groups in total. The third-order valence-corrected chi connectivity index (χ3v) is 10.3. The number of hydrogen-bond acceptors (Lipinski definition) is 4. The Bertz CT molecular complexity index is 942. The first-order valence-electron chi connectivity index (χ1n) is 14.3. The standard InChI is InChI=1S/C32H48O4/c1-18(2)15-25-21(5)31(35)36-29(25)16-19(3)26-12-13-27-23(9-8-14-32(26,27)7)10-11-24-17-28(33)22(6)30(34)20(24)4/h10-11,18-19,22,25-30,33-34H,4-5,8-9,12-17H2,1-3,6-7H3/t19-,22+,25-,26-,27+,28-,29+,30-,32-/m1/s1. The van der Waals surface area contributed by atoms with E-state index in [1.807, 2.05) is 6.92 Å². The molecule has 0 amide bonds. The number of fused-ring (bicyclic) bond motifs is 1. The van der Waals surface area contributed by atoms with Gasteiger partial charge in [0.05, 0.1) is 12.2 Å². The molecule has 1 aliphatic heterocycles. The summed E-state index contributed by atoms with van der Waals surface area (Å²) in [6.07, 6.45) is 11.6. The minimum absolute atomic E-state index is 0.0362. The van der Waals surface area contributed by atoms with Crippen LogP contribution in [0.25, 0.3) is 0 Å². The highest BCUT2D eigenvalue weighted by molar-refractivity contribution is 5.90. The summed E-state index contributed by atoms with van der Waals surface area (Å²) in [6.45, 7) is 19.3. The first-order chi connectivity index (χ1) is 16.9. The monoisotopic (exact) mass is 496 g/mol. The number of allylic oxidation sites excluding steroid dienone is 3. The third kappa shape index (κ3) is 5.05. The summed E-state index contributed by atoms with van der Waals surface area (Å²) in [5.74, 6) is 1.95. The van der Waals surface area contributed by atoms with Crippen molar-refractivity contribution in [2.75, 3.05) is 0 Å². The van der Waals surface area contributed by atoms with Crippen molar-refractivity contribution in [2.45, 2.75) is 104 Å². The van der Waals surface area contributed by atoms with Gasteiger partial charge < -0.3 is 14.9 Å². The van der Waals surface area contributed by atoms with E-state index in [9.17, 15) is 15.0 Å². The zero-order valence-electron chi connectivity index (χ0n) is 23.1. The molecule has 0 aromatic carbocycles. The van der Waals surface area contributed by atoms with Gasteiger partial charge in [-0.05, 0) is 91.6 Å². The fourth-order valence-electron chi connectivity index (χ4n) is 8.07. The Morgan fingerprint density at radius 1 is 1.11 bits per heavy atom. The number of esters is 1. The number of rotatable bonds is 6. The molecule has 4 fully saturated rings. The topological polar surface area (TPSA) is 66.8 Å². The molecular formula is C32H48O4. The molecule has 4 aliphatic rings. The van der Waals surface area contributed by atoms with E-state index in [0.717, 1.165) is 30.4 Å². The van der Waals surface area contributed by atoms with E-state index in [0.29, 0.717) is 35.7 Å². The Morgan fingerprint density at radius 2 is 1.83 bits per heavy atom. The lowest BCUT2D eigenvalue weighted by Gasteiger charge is -2.45. The molecule has 0 bridgehead atoms. The number of hydrogen-bond donors (Lipinski definition) is 2. The SMILES string of the molecule is C=C1C(=CC=C2CCC[C@]3(C)[C@@H]([C@H](C)C[C@@H]4OC(=O)C(=C)[C@H]4CC(C)C)CC[C@@H]23)C[C@@H](O)[C@H](C)[C@@H]1O. The number of carbonyl (C=O) groups excluding carboxylic acids is 1. The van der Waals surface area contributed by atoms with E-state index in [4.69, 9.17) is 4.74 Å². The second-order valence-corrected chi connectivity index (χ2v) is 13.0. The number of aliphatic hydroxyl groups is 2. The van der Waals surface area contributed by atoms with Crippen molar-refractivity contribution in [2.24, 2.45) is 40.9 Å². The van der Waals surface area contributed by atoms with Crippen molar-refractivity contribution in [3.8, 4) is 0 Å². The van der Waals surface area contributed by atoms with Crippen LogP contribution in [0.3, 0.4) is 0 Å². The van der Waals surface area contributed by atoms with E-state index >= 15 is 0 Å². The molecule has 0 aromatic heterocycles. The molecule has 3 saturated carbocycles. The van der Waals surface area contributed by atoms with Gasteiger partial charge in [0.25, 0.3) is 0 Å². The molecule has 200 valence electrons. The third-order valence-electron chi connectivity index (χ3n) is 10.3. The van der Waals surface area contributed by atoms with Crippen molar-refractivity contribution in [3.63, 3.8) is 0 Å². The summed E-state index contributed by atoms with van der Waals surface area (Å²) in [6, 6.07) is 0. The summed E-state index contributed by atoms with van der Waals surface area (Å²) < 4.78 is 5.84. The van der Waals surface area contributed by atoms with Crippen LogP contribution >= 0.6 is 0 Å². The molecule has 3 aliphatic carbocycles. The molecular weight excluding hydrogens is 448 g/mol. The lowest BCUT2D eigenvalue weighted by atomic mass is 9.60. The van der Waals surface area contributed by atoms with E-state index in [1.54, 1.807) is 0 Å². The summed E-state index contributed by atoms with van der Waals surface area (Å²) in [4.78, 5) is 12.3. The zero-order chi connectivity index (χ0) is 26.4. The van der Waals surface area contributed by atoms with Crippen LogP contribution < -0.4 is 0 Å². The van der Waals surface area contributed by atoms with Gasteiger partial charge in [0.2, 0.25) is 0 Å². The number of aliphatic hydroxyl groups excluding tert-OH is 2. The van der Waals surface area contributed by atoms with E-state index in [1.165, 1.54) is 31.3 Å².